The number of nitrogens with zero attached hydrogens (tertiary/aromatic N) is 3. The van der Waals surface area contributed by atoms with Gasteiger partial charge in [0, 0.05) is 25.7 Å². The molecular formula is C13H16ClN3O3S. The van der Waals surface area contributed by atoms with E-state index in [1.807, 2.05) is 6.07 Å². The third kappa shape index (κ3) is 4.70. The average Bonchev–Trinajstić information content (AvgIpc) is 2.44. The molecule has 0 saturated heterocycles. The van der Waals surface area contributed by atoms with Crippen molar-refractivity contribution in [1.82, 2.24) is 9.21 Å². The van der Waals surface area contributed by atoms with E-state index in [1.165, 1.54) is 43.3 Å². The predicted molar refractivity (Wildman–Crippen MR) is 79.1 cm³/mol. The Morgan fingerprint density at radius 1 is 1.29 bits per heavy atom. The van der Waals surface area contributed by atoms with Gasteiger partial charge in [-0.05, 0) is 24.3 Å². The number of benzene rings is 1. The highest BCUT2D eigenvalue weighted by Gasteiger charge is 2.24. The summed E-state index contributed by atoms with van der Waals surface area (Å²) in [5, 5.41) is 8.91. The molecule has 1 rings (SSSR count). The summed E-state index contributed by atoms with van der Waals surface area (Å²) in [4.78, 5) is 13.3. The molecule has 0 aliphatic rings. The van der Waals surface area contributed by atoms with Gasteiger partial charge in [-0.1, -0.05) is 11.6 Å². The molecule has 6 nitrogen and oxygen atoms in total. The smallest absolute Gasteiger partial charge is 0.243 e. The predicted octanol–water partition coefficient (Wildman–Crippen LogP) is 1.33. The fourth-order valence-corrected chi connectivity index (χ4v) is 2.77. The maximum absolute atomic E-state index is 12.3. The molecule has 114 valence electrons. The van der Waals surface area contributed by atoms with Crippen molar-refractivity contribution in [2.75, 3.05) is 27.2 Å². The van der Waals surface area contributed by atoms with Crippen LogP contribution in [-0.4, -0.2) is 50.7 Å². The summed E-state index contributed by atoms with van der Waals surface area (Å²) >= 11 is 5.72. The average molecular weight is 330 g/mol. The van der Waals surface area contributed by atoms with Gasteiger partial charge in [-0.3, -0.25) is 4.79 Å². The van der Waals surface area contributed by atoms with E-state index in [2.05, 4.69) is 0 Å². The zero-order valence-electron chi connectivity index (χ0n) is 11.8. The Morgan fingerprint density at radius 3 is 2.38 bits per heavy atom. The SMILES string of the molecule is CN(CCC#N)C(=O)CN(C)S(=O)(=O)c1ccc(Cl)cc1. The van der Waals surface area contributed by atoms with E-state index in [4.69, 9.17) is 16.9 Å². The number of hydrogen-bond donors (Lipinski definition) is 0. The van der Waals surface area contributed by atoms with Crippen molar-refractivity contribution in [1.29, 1.82) is 5.26 Å². The lowest BCUT2D eigenvalue weighted by Crippen LogP contribution is -2.39. The molecule has 0 radical (unpaired) electrons. The van der Waals surface area contributed by atoms with E-state index in [1.54, 1.807) is 0 Å². The van der Waals surface area contributed by atoms with Crippen LogP contribution in [0.5, 0.6) is 0 Å². The quantitative estimate of drug-likeness (QED) is 0.788. The fourth-order valence-electron chi connectivity index (χ4n) is 1.53. The molecule has 0 aliphatic heterocycles. The van der Waals surface area contributed by atoms with Crippen LogP contribution >= 0.6 is 11.6 Å². The lowest BCUT2D eigenvalue weighted by molar-refractivity contribution is -0.129. The van der Waals surface area contributed by atoms with Crippen molar-refractivity contribution < 1.29 is 13.2 Å². The third-order valence-electron chi connectivity index (χ3n) is 2.86. The van der Waals surface area contributed by atoms with Crippen molar-refractivity contribution in [2.24, 2.45) is 0 Å². The Kier molecular flexibility index (Phi) is 6.15. The van der Waals surface area contributed by atoms with Gasteiger partial charge in [0.25, 0.3) is 0 Å². The van der Waals surface area contributed by atoms with E-state index in [-0.39, 0.29) is 30.3 Å². The minimum absolute atomic E-state index is 0.0712. The first-order chi connectivity index (χ1) is 9.78. The van der Waals surface area contributed by atoms with Gasteiger partial charge in [0.15, 0.2) is 0 Å². The second-order valence-electron chi connectivity index (χ2n) is 4.44. The van der Waals surface area contributed by atoms with Gasteiger partial charge < -0.3 is 4.90 Å². The molecule has 0 saturated carbocycles. The summed E-state index contributed by atoms with van der Waals surface area (Å²) in [6, 6.07) is 7.65. The first kappa shape index (κ1) is 17.4. The number of carbonyl (C=O) groups is 1. The van der Waals surface area contributed by atoms with Crippen LogP contribution in [-0.2, 0) is 14.8 Å². The zero-order chi connectivity index (χ0) is 16.0. The van der Waals surface area contributed by atoms with Crippen LogP contribution in [0.1, 0.15) is 6.42 Å². The van der Waals surface area contributed by atoms with Gasteiger partial charge in [0.05, 0.1) is 23.9 Å². The Bertz CT molecular complexity index is 638. The van der Waals surface area contributed by atoms with Crippen molar-refractivity contribution in [3.63, 3.8) is 0 Å². The molecule has 0 aromatic heterocycles. The standard InChI is InChI=1S/C13H16ClN3O3S/c1-16(9-3-8-15)13(18)10-17(2)21(19,20)12-6-4-11(14)5-7-12/h4-7H,3,9-10H2,1-2H3. The number of likely N-dealkylation sites (N-methyl/N-ethyl adjacent to an activating group) is 2. The van der Waals surface area contributed by atoms with Crippen LogP contribution in [0.2, 0.25) is 5.02 Å². The molecule has 0 unspecified atom stereocenters. The van der Waals surface area contributed by atoms with Gasteiger partial charge in [-0.25, -0.2) is 8.42 Å². The van der Waals surface area contributed by atoms with Crippen LogP contribution in [0.3, 0.4) is 0 Å². The summed E-state index contributed by atoms with van der Waals surface area (Å²) in [6.07, 6.45) is 0.204. The van der Waals surface area contributed by atoms with Crippen LogP contribution in [0.4, 0.5) is 0 Å². The van der Waals surface area contributed by atoms with Gasteiger partial charge in [0.2, 0.25) is 15.9 Å². The highest BCUT2D eigenvalue weighted by Crippen LogP contribution is 2.17. The second-order valence-corrected chi connectivity index (χ2v) is 6.92. The highest BCUT2D eigenvalue weighted by atomic mass is 35.5. The summed E-state index contributed by atoms with van der Waals surface area (Å²) in [5.74, 6) is -0.370. The number of rotatable bonds is 6. The normalized spacial score (nSPS) is 11.2. The number of nitriles is 1. The Morgan fingerprint density at radius 2 is 1.86 bits per heavy atom. The number of carbonyl (C=O) groups excluding carboxylic acids is 1. The molecule has 8 heteroatoms. The molecule has 0 spiro atoms. The molecule has 1 aromatic rings. The largest absolute Gasteiger partial charge is 0.344 e. The molecule has 0 bridgehead atoms. The number of halogens is 1. The van der Waals surface area contributed by atoms with E-state index < -0.39 is 10.0 Å². The van der Waals surface area contributed by atoms with Crippen molar-refractivity contribution in [2.45, 2.75) is 11.3 Å². The van der Waals surface area contributed by atoms with Crippen LogP contribution in [0, 0.1) is 11.3 Å². The van der Waals surface area contributed by atoms with Gasteiger partial charge >= 0.3 is 0 Å². The molecule has 0 aliphatic carbocycles. The minimum atomic E-state index is -3.74. The number of amides is 1. The van der Waals surface area contributed by atoms with E-state index >= 15 is 0 Å². The maximum Gasteiger partial charge on any atom is 0.243 e. The van der Waals surface area contributed by atoms with Gasteiger partial charge in [-0.15, -0.1) is 0 Å². The molecule has 1 amide bonds. The Hall–Kier alpha value is -1.62. The molecule has 0 fully saturated rings. The molecule has 0 N–H and O–H groups in total. The summed E-state index contributed by atoms with van der Waals surface area (Å²) in [5.41, 5.74) is 0. The molecule has 0 heterocycles. The van der Waals surface area contributed by atoms with Gasteiger partial charge in [0.1, 0.15) is 0 Å². The highest BCUT2D eigenvalue weighted by molar-refractivity contribution is 7.89. The Balaban J connectivity index is 2.78. The Labute approximate surface area is 129 Å². The van der Waals surface area contributed by atoms with E-state index in [0.717, 1.165) is 4.31 Å². The fraction of sp³-hybridized carbons (Fsp3) is 0.385. The summed E-state index contributed by atoms with van der Waals surface area (Å²) in [7, 11) is -0.879. The zero-order valence-corrected chi connectivity index (χ0v) is 13.4. The first-order valence-corrected chi connectivity index (χ1v) is 7.93. The van der Waals surface area contributed by atoms with E-state index in [0.29, 0.717) is 5.02 Å². The number of hydrogen-bond acceptors (Lipinski definition) is 4. The first-order valence-electron chi connectivity index (χ1n) is 6.12. The topological polar surface area (TPSA) is 81.5 Å². The second kappa shape index (κ2) is 7.41. The van der Waals surface area contributed by atoms with E-state index in [9.17, 15) is 13.2 Å². The molecular weight excluding hydrogens is 314 g/mol. The van der Waals surface area contributed by atoms with Crippen LogP contribution in [0.15, 0.2) is 29.2 Å². The maximum atomic E-state index is 12.3. The van der Waals surface area contributed by atoms with Crippen LogP contribution < -0.4 is 0 Å². The monoisotopic (exact) mass is 329 g/mol. The summed E-state index contributed by atoms with van der Waals surface area (Å²) in [6.45, 7) is -0.0168. The molecule has 1 aromatic carbocycles. The molecule has 21 heavy (non-hydrogen) atoms. The molecule has 0 atom stereocenters. The van der Waals surface area contributed by atoms with Gasteiger partial charge in [-0.2, -0.15) is 9.57 Å². The summed E-state index contributed by atoms with van der Waals surface area (Å²) < 4.78 is 25.5. The lowest BCUT2D eigenvalue weighted by atomic mass is 10.4. The number of sulfonamides is 1. The van der Waals surface area contributed by atoms with Crippen molar-refractivity contribution in [3.8, 4) is 6.07 Å². The lowest BCUT2D eigenvalue weighted by Gasteiger charge is -2.21. The third-order valence-corrected chi connectivity index (χ3v) is 4.93. The van der Waals surface area contributed by atoms with Crippen molar-refractivity contribution >= 4 is 27.5 Å². The van der Waals surface area contributed by atoms with Crippen molar-refractivity contribution in [3.05, 3.63) is 29.3 Å². The minimum Gasteiger partial charge on any atom is -0.344 e. The van der Waals surface area contributed by atoms with Crippen LogP contribution in [0.25, 0.3) is 0 Å².